The van der Waals surface area contributed by atoms with Gasteiger partial charge in [-0.05, 0) is 116 Å². The number of aliphatic hydroxyl groups excluding tert-OH is 2. The Bertz CT molecular complexity index is 665. The first-order valence-corrected chi connectivity index (χ1v) is 13.5. The van der Waals surface area contributed by atoms with Gasteiger partial charge in [0.15, 0.2) is 0 Å². The molecule has 0 spiro atoms. The van der Waals surface area contributed by atoms with Crippen molar-refractivity contribution in [2.45, 2.75) is 96.8 Å². The fourth-order valence-corrected chi connectivity index (χ4v) is 10.6. The molecule has 13 atom stereocenters. The van der Waals surface area contributed by atoms with Crippen molar-refractivity contribution in [2.24, 2.45) is 58.7 Å². The third kappa shape index (κ3) is 2.86. The summed E-state index contributed by atoms with van der Waals surface area (Å²) < 4.78 is 0. The summed E-state index contributed by atoms with van der Waals surface area (Å²) in [5.41, 5.74) is 0.261. The zero-order chi connectivity index (χ0) is 20.8. The Morgan fingerprint density at radius 3 is 2.37 bits per heavy atom. The molecule has 30 heavy (non-hydrogen) atoms. The van der Waals surface area contributed by atoms with Crippen LogP contribution in [0.4, 0.5) is 0 Å². The predicted molar refractivity (Wildman–Crippen MR) is 120 cm³/mol. The van der Waals surface area contributed by atoms with Crippen LogP contribution in [-0.2, 0) is 0 Å². The maximum Gasteiger partial charge on any atom is 0.0577 e. The van der Waals surface area contributed by atoms with Crippen LogP contribution in [0, 0.1) is 58.7 Å². The lowest BCUT2D eigenvalue weighted by molar-refractivity contribution is -0.130. The van der Waals surface area contributed by atoms with Crippen molar-refractivity contribution in [2.75, 3.05) is 13.1 Å². The molecular formula is C27H45NO2. The molecule has 3 nitrogen and oxygen atoms in total. The van der Waals surface area contributed by atoms with Crippen LogP contribution in [-0.4, -0.2) is 46.5 Å². The van der Waals surface area contributed by atoms with Crippen molar-refractivity contribution in [1.82, 2.24) is 4.90 Å². The quantitative estimate of drug-likeness (QED) is 0.609. The SMILES string of the molecule is C[C@H]1CC[C@@H]2[C@H](C)[C@H]3CC[C@H]4[C@@H](C[C@H]5[C@H]4C[C@@H](O)[C@H]4C[C@@H](O)CC[C@@]45C)[C@@H]3CN2C1. The standard InChI is InChI=1S/C27H45NO2/c1-15-4-7-25-16(2)18-5-6-19-20(22(18)14-28(25)13-15)11-23-21(19)12-26(30)24-10-17(29)8-9-27(23,24)3/h15-26,29-30H,4-14H2,1-3H3/t15-,16+,17-,18+,19-,20+,21-,22+,23-,24+,25+,26+,27+/m0/s1. The van der Waals surface area contributed by atoms with E-state index in [2.05, 4.69) is 25.7 Å². The monoisotopic (exact) mass is 415 g/mol. The molecule has 6 fully saturated rings. The van der Waals surface area contributed by atoms with Crippen molar-refractivity contribution in [3.05, 3.63) is 0 Å². The summed E-state index contributed by atoms with van der Waals surface area (Å²) in [6, 6.07) is 0.853. The number of hydrogen-bond acceptors (Lipinski definition) is 3. The Morgan fingerprint density at radius 1 is 0.733 bits per heavy atom. The maximum atomic E-state index is 11.2. The van der Waals surface area contributed by atoms with E-state index in [1.54, 1.807) is 0 Å². The average Bonchev–Trinajstić information content (AvgIpc) is 3.09. The van der Waals surface area contributed by atoms with Crippen LogP contribution < -0.4 is 0 Å². The minimum Gasteiger partial charge on any atom is -0.393 e. The minimum atomic E-state index is -0.181. The van der Waals surface area contributed by atoms with Gasteiger partial charge in [-0.15, -0.1) is 0 Å². The first-order chi connectivity index (χ1) is 14.4. The zero-order valence-electron chi connectivity index (χ0n) is 19.5. The van der Waals surface area contributed by atoms with Crippen LogP contribution in [0.3, 0.4) is 0 Å². The van der Waals surface area contributed by atoms with E-state index in [0.29, 0.717) is 5.92 Å². The van der Waals surface area contributed by atoms with Crippen molar-refractivity contribution in [3.8, 4) is 0 Å². The number of rotatable bonds is 0. The van der Waals surface area contributed by atoms with E-state index in [1.807, 2.05) is 0 Å². The highest BCUT2D eigenvalue weighted by Crippen LogP contribution is 2.67. The lowest BCUT2D eigenvalue weighted by atomic mass is 9.51. The van der Waals surface area contributed by atoms with E-state index in [-0.39, 0.29) is 17.6 Å². The lowest BCUT2D eigenvalue weighted by Gasteiger charge is -2.56. The number of aliphatic hydroxyl groups is 2. The van der Waals surface area contributed by atoms with Gasteiger partial charge in [-0.25, -0.2) is 0 Å². The zero-order valence-corrected chi connectivity index (χ0v) is 19.5. The Hall–Kier alpha value is -0.120. The van der Waals surface area contributed by atoms with Gasteiger partial charge in [0.1, 0.15) is 0 Å². The van der Waals surface area contributed by atoms with E-state index in [4.69, 9.17) is 0 Å². The van der Waals surface area contributed by atoms with Crippen LogP contribution in [0.15, 0.2) is 0 Å². The van der Waals surface area contributed by atoms with Gasteiger partial charge in [-0.2, -0.15) is 0 Å². The summed E-state index contributed by atoms with van der Waals surface area (Å²) >= 11 is 0. The van der Waals surface area contributed by atoms with Crippen molar-refractivity contribution in [1.29, 1.82) is 0 Å². The smallest absolute Gasteiger partial charge is 0.0577 e. The number of nitrogens with zero attached hydrogens (tertiary/aromatic N) is 1. The molecule has 0 amide bonds. The Labute approximate surface area is 184 Å². The molecule has 0 aromatic rings. The first kappa shape index (κ1) is 20.5. The summed E-state index contributed by atoms with van der Waals surface area (Å²) in [6.45, 7) is 10.3. The van der Waals surface area contributed by atoms with E-state index in [9.17, 15) is 10.2 Å². The number of piperidine rings is 2. The highest BCUT2D eigenvalue weighted by atomic mass is 16.3. The summed E-state index contributed by atoms with van der Waals surface area (Å²) in [6.07, 6.45) is 10.7. The Morgan fingerprint density at radius 2 is 1.53 bits per heavy atom. The normalized spacial score (nSPS) is 60.7. The van der Waals surface area contributed by atoms with Crippen molar-refractivity contribution >= 4 is 0 Å². The van der Waals surface area contributed by atoms with Crippen molar-refractivity contribution in [3.63, 3.8) is 0 Å². The Kier molecular flexibility index (Phi) is 4.91. The fourth-order valence-electron chi connectivity index (χ4n) is 10.6. The molecule has 0 bridgehead atoms. The molecule has 6 aliphatic rings. The molecule has 3 heteroatoms. The molecule has 4 aliphatic carbocycles. The molecule has 4 saturated carbocycles. The third-order valence-electron chi connectivity index (χ3n) is 12.0. The van der Waals surface area contributed by atoms with Crippen LogP contribution in [0.25, 0.3) is 0 Å². The summed E-state index contributed by atoms with van der Waals surface area (Å²) in [7, 11) is 0. The fraction of sp³-hybridized carbons (Fsp3) is 1.00. The third-order valence-corrected chi connectivity index (χ3v) is 12.0. The van der Waals surface area contributed by atoms with Gasteiger partial charge in [0, 0.05) is 19.1 Å². The molecule has 6 rings (SSSR count). The van der Waals surface area contributed by atoms with E-state index in [1.165, 1.54) is 45.2 Å². The molecule has 2 heterocycles. The molecule has 0 aromatic heterocycles. The van der Waals surface area contributed by atoms with Gasteiger partial charge in [0.05, 0.1) is 12.2 Å². The number of fused-ring (bicyclic) bond motifs is 8. The number of hydrogen-bond donors (Lipinski definition) is 2. The molecule has 2 aliphatic heterocycles. The van der Waals surface area contributed by atoms with Gasteiger partial charge >= 0.3 is 0 Å². The molecule has 0 aromatic carbocycles. The molecular weight excluding hydrogens is 370 g/mol. The minimum absolute atomic E-state index is 0.180. The summed E-state index contributed by atoms with van der Waals surface area (Å²) in [5, 5.41) is 21.5. The summed E-state index contributed by atoms with van der Waals surface area (Å²) in [4.78, 5) is 2.92. The molecule has 2 N–H and O–H groups in total. The van der Waals surface area contributed by atoms with E-state index < -0.39 is 0 Å². The van der Waals surface area contributed by atoms with Gasteiger partial charge in [0.25, 0.3) is 0 Å². The van der Waals surface area contributed by atoms with Crippen LogP contribution in [0.1, 0.15) is 78.6 Å². The predicted octanol–water partition coefficient (Wildman–Crippen LogP) is 4.56. The largest absolute Gasteiger partial charge is 0.393 e. The van der Waals surface area contributed by atoms with Crippen molar-refractivity contribution < 1.29 is 10.2 Å². The molecule has 2 saturated heterocycles. The Balaban J connectivity index is 1.28. The van der Waals surface area contributed by atoms with E-state index in [0.717, 1.165) is 79.1 Å². The average molecular weight is 416 g/mol. The van der Waals surface area contributed by atoms with Gasteiger partial charge in [-0.3, -0.25) is 4.90 Å². The van der Waals surface area contributed by atoms with Gasteiger partial charge in [-0.1, -0.05) is 20.8 Å². The first-order valence-electron chi connectivity index (χ1n) is 13.5. The van der Waals surface area contributed by atoms with Crippen LogP contribution >= 0.6 is 0 Å². The molecule has 0 unspecified atom stereocenters. The second-order valence-corrected chi connectivity index (χ2v) is 13.1. The second kappa shape index (κ2) is 7.19. The van der Waals surface area contributed by atoms with Gasteiger partial charge < -0.3 is 10.2 Å². The second-order valence-electron chi connectivity index (χ2n) is 13.1. The van der Waals surface area contributed by atoms with Crippen LogP contribution in [0.5, 0.6) is 0 Å². The highest BCUT2D eigenvalue weighted by molar-refractivity contribution is 5.12. The van der Waals surface area contributed by atoms with Crippen LogP contribution in [0.2, 0.25) is 0 Å². The lowest BCUT2D eigenvalue weighted by Crippen LogP contribution is -2.58. The summed E-state index contributed by atoms with van der Waals surface area (Å²) in [5.74, 6) is 7.22. The van der Waals surface area contributed by atoms with Gasteiger partial charge in [0.2, 0.25) is 0 Å². The van der Waals surface area contributed by atoms with E-state index >= 15 is 0 Å². The topological polar surface area (TPSA) is 43.7 Å². The molecule has 170 valence electrons. The highest BCUT2D eigenvalue weighted by Gasteiger charge is 2.62. The molecule has 0 radical (unpaired) electrons. The maximum absolute atomic E-state index is 11.2.